The summed E-state index contributed by atoms with van der Waals surface area (Å²) in [5, 5.41) is 4.65. The first-order chi connectivity index (χ1) is 7.49. The van der Waals surface area contributed by atoms with Gasteiger partial charge < -0.3 is 22.1 Å². The molecule has 1 aliphatic heterocycles. The molecule has 2 rings (SSSR count). The van der Waals surface area contributed by atoms with E-state index in [1.165, 1.54) is 0 Å². The van der Waals surface area contributed by atoms with Crippen LogP contribution in [0.3, 0.4) is 0 Å². The minimum atomic E-state index is -1.26. The Morgan fingerprint density at radius 1 is 1.38 bits per heavy atom. The average molecular weight is 224 g/mol. The van der Waals surface area contributed by atoms with Gasteiger partial charge in [-0.25, -0.2) is 0 Å². The van der Waals surface area contributed by atoms with E-state index in [0.717, 1.165) is 0 Å². The number of nitrogens with two attached hydrogens (primary N) is 2. The highest BCUT2D eigenvalue weighted by molar-refractivity contribution is 6.14. The van der Waals surface area contributed by atoms with Crippen LogP contribution in [-0.4, -0.2) is 27.8 Å². The number of primary amides is 1. The molecule has 0 fully saturated rings. The van der Waals surface area contributed by atoms with Crippen LogP contribution in [0, 0.1) is 0 Å². The highest BCUT2D eigenvalue weighted by atomic mass is 16.2. The lowest BCUT2D eigenvalue weighted by Crippen LogP contribution is -2.49. The van der Waals surface area contributed by atoms with Crippen molar-refractivity contribution in [1.29, 1.82) is 0 Å². The second-order valence-electron chi connectivity index (χ2n) is 3.14. The van der Waals surface area contributed by atoms with Gasteiger partial charge in [0, 0.05) is 0 Å². The van der Waals surface area contributed by atoms with Crippen LogP contribution in [0.1, 0.15) is 0 Å². The molecular formula is C7H8N6O3. The fourth-order valence-corrected chi connectivity index (χ4v) is 1.31. The van der Waals surface area contributed by atoms with Crippen molar-refractivity contribution in [2.24, 2.45) is 5.73 Å². The summed E-state index contributed by atoms with van der Waals surface area (Å²) in [5.41, 5.74) is 9.60. The number of aromatic amines is 1. The van der Waals surface area contributed by atoms with Crippen molar-refractivity contribution >= 4 is 29.3 Å². The van der Waals surface area contributed by atoms with Crippen molar-refractivity contribution in [2.75, 3.05) is 16.4 Å². The number of hydrogen-bond donors (Lipinski definition) is 5. The molecule has 0 saturated carbocycles. The first kappa shape index (κ1) is 9.96. The molecular weight excluding hydrogens is 216 g/mol. The molecule has 84 valence electrons. The summed E-state index contributed by atoms with van der Waals surface area (Å²) in [5.74, 6) is -1.69. The molecule has 0 aliphatic carbocycles. The van der Waals surface area contributed by atoms with Gasteiger partial charge in [0.1, 0.15) is 0 Å². The smallest absolute Gasteiger partial charge is 0.278 e. The number of nitrogen functional groups attached to an aromatic ring is 1. The van der Waals surface area contributed by atoms with Gasteiger partial charge in [0.2, 0.25) is 11.9 Å². The second kappa shape index (κ2) is 3.22. The lowest BCUT2D eigenvalue weighted by atomic mass is 10.2. The molecule has 9 heteroatoms. The van der Waals surface area contributed by atoms with Crippen LogP contribution in [0.2, 0.25) is 0 Å². The summed E-state index contributed by atoms with van der Waals surface area (Å²) in [7, 11) is 0. The molecule has 1 atom stereocenters. The second-order valence-corrected chi connectivity index (χ2v) is 3.14. The third kappa shape index (κ3) is 1.43. The molecule has 2 heterocycles. The van der Waals surface area contributed by atoms with E-state index in [-0.39, 0.29) is 17.5 Å². The van der Waals surface area contributed by atoms with E-state index < -0.39 is 23.4 Å². The van der Waals surface area contributed by atoms with Crippen LogP contribution in [0.4, 0.5) is 17.5 Å². The number of H-pyrrole nitrogens is 1. The summed E-state index contributed by atoms with van der Waals surface area (Å²) < 4.78 is 0. The van der Waals surface area contributed by atoms with Crippen molar-refractivity contribution in [1.82, 2.24) is 9.97 Å². The molecule has 9 nitrogen and oxygen atoms in total. The van der Waals surface area contributed by atoms with Gasteiger partial charge in [-0.15, -0.1) is 0 Å². The molecule has 0 bridgehead atoms. The normalized spacial score (nSPS) is 18.2. The molecule has 0 spiro atoms. The zero-order valence-corrected chi connectivity index (χ0v) is 7.90. The van der Waals surface area contributed by atoms with E-state index in [2.05, 4.69) is 20.6 Å². The molecule has 0 unspecified atom stereocenters. The number of carbonyl (C=O) groups excluding carboxylic acids is 2. The first-order valence-corrected chi connectivity index (χ1v) is 4.25. The van der Waals surface area contributed by atoms with Gasteiger partial charge in [-0.1, -0.05) is 0 Å². The van der Waals surface area contributed by atoms with Crippen molar-refractivity contribution < 1.29 is 9.59 Å². The molecule has 7 N–H and O–H groups in total. The van der Waals surface area contributed by atoms with Crippen LogP contribution >= 0.6 is 0 Å². The Labute approximate surface area is 88.2 Å². The molecule has 1 aliphatic rings. The number of nitrogens with one attached hydrogen (secondary N) is 3. The Morgan fingerprint density at radius 2 is 2.06 bits per heavy atom. The van der Waals surface area contributed by atoms with E-state index in [0.29, 0.717) is 0 Å². The third-order valence-corrected chi connectivity index (χ3v) is 2.01. The number of amides is 2. The number of nitrogens with zero attached hydrogens (tertiary/aromatic N) is 1. The van der Waals surface area contributed by atoms with Crippen molar-refractivity contribution in [3.63, 3.8) is 0 Å². The molecule has 1 aromatic heterocycles. The van der Waals surface area contributed by atoms with E-state index in [4.69, 9.17) is 11.5 Å². The highest BCUT2D eigenvalue weighted by Gasteiger charge is 2.32. The number of aromatic nitrogens is 2. The van der Waals surface area contributed by atoms with Gasteiger partial charge in [0.05, 0.1) is 0 Å². The fourth-order valence-electron chi connectivity index (χ4n) is 1.31. The molecule has 0 radical (unpaired) electrons. The number of carbonyl (C=O) groups is 2. The van der Waals surface area contributed by atoms with E-state index in [1.807, 2.05) is 0 Å². The van der Waals surface area contributed by atoms with Crippen LogP contribution in [0.25, 0.3) is 0 Å². The quantitative estimate of drug-likeness (QED) is 0.334. The Morgan fingerprint density at radius 3 is 2.69 bits per heavy atom. The predicted molar refractivity (Wildman–Crippen MR) is 54.5 cm³/mol. The van der Waals surface area contributed by atoms with E-state index in [1.54, 1.807) is 0 Å². The Kier molecular flexibility index (Phi) is 2.01. The summed E-state index contributed by atoms with van der Waals surface area (Å²) in [6.45, 7) is 0. The van der Waals surface area contributed by atoms with Crippen molar-refractivity contribution in [3.05, 3.63) is 10.4 Å². The van der Waals surface area contributed by atoms with Crippen LogP contribution in [0.5, 0.6) is 0 Å². The SMILES string of the molecule is NC(=O)[C@H]1Nc2nc(N)[nH]c(=O)c2NC1=O. The van der Waals surface area contributed by atoms with E-state index >= 15 is 0 Å². The zero-order valence-electron chi connectivity index (χ0n) is 7.90. The van der Waals surface area contributed by atoms with Crippen LogP contribution in [-0.2, 0) is 9.59 Å². The first-order valence-electron chi connectivity index (χ1n) is 4.25. The van der Waals surface area contributed by atoms with Crippen molar-refractivity contribution in [3.8, 4) is 0 Å². The third-order valence-electron chi connectivity index (χ3n) is 2.01. The minimum Gasteiger partial charge on any atom is -0.369 e. The topological polar surface area (TPSA) is 156 Å². The van der Waals surface area contributed by atoms with Crippen molar-refractivity contribution in [2.45, 2.75) is 6.04 Å². The maximum absolute atomic E-state index is 11.4. The molecule has 1 aromatic rings. The number of rotatable bonds is 1. The molecule has 2 amide bonds. The Bertz CT molecular complexity index is 535. The maximum atomic E-state index is 11.4. The predicted octanol–water partition coefficient (Wildman–Crippen LogP) is -2.43. The summed E-state index contributed by atoms with van der Waals surface area (Å²) in [6, 6.07) is -1.26. The molecule has 0 aromatic carbocycles. The largest absolute Gasteiger partial charge is 0.369 e. The summed E-state index contributed by atoms with van der Waals surface area (Å²) >= 11 is 0. The minimum absolute atomic E-state index is 0.0182. The number of hydrogen-bond acceptors (Lipinski definition) is 6. The van der Waals surface area contributed by atoms with Gasteiger partial charge >= 0.3 is 0 Å². The summed E-state index contributed by atoms with van der Waals surface area (Å²) in [6.07, 6.45) is 0. The van der Waals surface area contributed by atoms with Gasteiger partial charge in [-0.05, 0) is 0 Å². The lowest BCUT2D eigenvalue weighted by Gasteiger charge is -2.22. The maximum Gasteiger partial charge on any atom is 0.278 e. The standard InChI is InChI=1S/C7H8N6O3/c8-3(14)1-5(15)11-2-4(10-1)12-7(9)13-6(2)16/h1H,(H2,8,14)(H,11,15)(H4,9,10,12,13,16)/t1-/m1/s1. The monoisotopic (exact) mass is 224 g/mol. The Hall–Kier alpha value is -2.58. The molecule has 0 saturated heterocycles. The fraction of sp³-hybridized carbons (Fsp3) is 0.143. The van der Waals surface area contributed by atoms with Gasteiger partial charge in [0.25, 0.3) is 11.5 Å². The Balaban J connectivity index is 2.51. The average Bonchev–Trinajstić information content (AvgIpc) is 2.18. The summed E-state index contributed by atoms with van der Waals surface area (Å²) in [4.78, 5) is 39.5. The number of fused-ring (bicyclic) bond motifs is 1. The lowest BCUT2D eigenvalue weighted by molar-refractivity contribution is -0.126. The van der Waals surface area contributed by atoms with Gasteiger partial charge in [0.15, 0.2) is 17.5 Å². The van der Waals surface area contributed by atoms with Crippen LogP contribution < -0.4 is 27.7 Å². The number of anilines is 3. The van der Waals surface area contributed by atoms with Crippen LogP contribution in [0.15, 0.2) is 4.79 Å². The van der Waals surface area contributed by atoms with Gasteiger partial charge in [-0.3, -0.25) is 19.4 Å². The molecule has 16 heavy (non-hydrogen) atoms. The zero-order chi connectivity index (χ0) is 11.9. The highest BCUT2D eigenvalue weighted by Crippen LogP contribution is 2.20. The van der Waals surface area contributed by atoms with Gasteiger partial charge in [-0.2, -0.15) is 4.98 Å². The van der Waals surface area contributed by atoms with E-state index in [9.17, 15) is 14.4 Å².